The smallest absolute Gasteiger partial charge is 0.161 e. The van der Waals surface area contributed by atoms with Crippen LogP contribution in [0, 0.1) is 5.82 Å². The van der Waals surface area contributed by atoms with Crippen LogP contribution in [0.3, 0.4) is 0 Å². The summed E-state index contributed by atoms with van der Waals surface area (Å²) in [7, 11) is 1.57. The lowest BCUT2D eigenvalue weighted by Gasteiger charge is -2.13. The number of nitrogens with one attached hydrogen (secondary N) is 1. The molecular weight excluding hydrogens is 357 g/mol. The van der Waals surface area contributed by atoms with Gasteiger partial charge < -0.3 is 19.9 Å². The largest absolute Gasteiger partial charge is 0.493 e. The molecule has 0 aliphatic rings. The van der Waals surface area contributed by atoms with Crippen molar-refractivity contribution >= 4 is 11.6 Å². The molecule has 0 aliphatic heterocycles. The lowest BCUT2D eigenvalue weighted by atomic mass is 10.2. The average molecular weight is 382 g/mol. The molecule has 0 bridgehead atoms. The zero-order valence-corrected chi connectivity index (χ0v) is 15.7. The molecule has 0 radical (unpaired) electrons. The maximum Gasteiger partial charge on any atom is 0.161 e. The van der Waals surface area contributed by atoms with E-state index in [-0.39, 0.29) is 13.2 Å². The first-order valence-electron chi connectivity index (χ1n) is 8.70. The molecule has 0 atom stereocenters. The number of unbranched alkanes of at least 4 members (excludes halogenated alkanes) is 2. The predicted octanol–water partition coefficient (Wildman–Crippen LogP) is 4.32. The third-order valence-electron chi connectivity index (χ3n) is 4.00. The summed E-state index contributed by atoms with van der Waals surface area (Å²) in [4.78, 5) is 0. The van der Waals surface area contributed by atoms with Crippen LogP contribution in [-0.4, -0.2) is 25.4 Å². The van der Waals surface area contributed by atoms with Gasteiger partial charge in [-0.25, -0.2) is 4.39 Å². The van der Waals surface area contributed by atoms with E-state index in [1.807, 2.05) is 18.2 Å². The number of hydrogen-bond acceptors (Lipinski definition) is 4. The molecule has 0 amide bonds. The number of aliphatic hydroxyl groups is 1. The maximum absolute atomic E-state index is 13.8. The van der Waals surface area contributed by atoms with E-state index in [0.29, 0.717) is 22.1 Å². The number of ether oxygens (including phenoxy) is 2. The first kappa shape index (κ1) is 20.5. The minimum atomic E-state index is -0.390. The first-order valence-corrected chi connectivity index (χ1v) is 9.07. The van der Waals surface area contributed by atoms with Crippen molar-refractivity contribution in [1.29, 1.82) is 0 Å². The number of halogens is 2. The molecule has 4 nitrogen and oxygen atoms in total. The van der Waals surface area contributed by atoms with Gasteiger partial charge in [0, 0.05) is 18.7 Å². The normalized spacial score (nSPS) is 10.8. The van der Waals surface area contributed by atoms with Crippen LogP contribution in [0.1, 0.15) is 30.4 Å². The molecule has 0 unspecified atom stereocenters. The second kappa shape index (κ2) is 11.0. The molecule has 0 fully saturated rings. The fraction of sp³-hybridized carbons (Fsp3) is 0.400. The topological polar surface area (TPSA) is 50.7 Å². The lowest BCUT2D eigenvalue weighted by molar-refractivity contribution is 0.279. The van der Waals surface area contributed by atoms with Crippen LogP contribution >= 0.6 is 11.6 Å². The lowest BCUT2D eigenvalue weighted by Crippen LogP contribution is -2.14. The van der Waals surface area contributed by atoms with Gasteiger partial charge in [0.15, 0.2) is 11.5 Å². The van der Waals surface area contributed by atoms with E-state index in [1.165, 1.54) is 6.07 Å². The molecule has 2 rings (SSSR count). The van der Waals surface area contributed by atoms with Crippen LogP contribution in [0.4, 0.5) is 4.39 Å². The van der Waals surface area contributed by atoms with Gasteiger partial charge >= 0.3 is 0 Å². The molecule has 26 heavy (non-hydrogen) atoms. The van der Waals surface area contributed by atoms with Crippen LogP contribution in [0.5, 0.6) is 11.5 Å². The second-order valence-corrected chi connectivity index (χ2v) is 6.34. The average Bonchev–Trinajstić information content (AvgIpc) is 2.64. The van der Waals surface area contributed by atoms with Gasteiger partial charge in [0.2, 0.25) is 0 Å². The highest BCUT2D eigenvalue weighted by atomic mass is 35.5. The predicted molar refractivity (Wildman–Crippen MR) is 101 cm³/mol. The zero-order chi connectivity index (χ0) is 18.8. The van der Waals surface area contributed by atoms with Crippen molar-refractivity contribution in [2.45, 2.75) is 32.4 Å². The Morgan fingerprint density at radius 3 is 2.69 bits per heavy atom. The Morgan fingerprint density at radius 2 is 1.96 bits per heavy atom. The van der Waals surface area contributed by atoms with E-state index in [0.717, 1.165) is 37.9 Å². The molecule has 2 aromatic rings. The first-order chi connectivity index (χ1) is 12.7. The highest BCUT2D eigenvalue weighted by Crippen LogP contribution is 2.30. The van der Waals surface area contributed by atoms with E-state index in [1.54, 1.807) is 19.2 Å². The van der Waals surface area contributed by atoms with Crippen LogP contribution in [-0.2, 0) is 13.2 Å². The van der Waals surface area contributed by atoms with Crippen molar-refractivity contribution < 1.29 is 19.0 Å². The SMILES string of the molecule is COc1cc(CNCCCCCO)ccc1OCc1c(F)cccc1Cl. The standard InChI is InChI=1S/C20H25ClFNO3/c1-25-20-12-15(13-23-10-3-2-4-11-24)8-9-19(20)26-14-16-17(21)6-5-7-18(16)22/h5-9,12,23-24H,2-4,10-11,13-14H2,1H3. The van der Waals surface area contributed by atoms with Gasteiger partial charge in [-0.2, -0.15) is 0 Å². The summed E-state index contributed by atoms with van der Waals surface area (Å²) in [6.45, 7) is 1.89. The van der Waals surface area contributed by atoms with Crippen molar-refractivity contribution in [1.82, 2.24) is 5.32 Å². The second-order valence-electron chi connectivity index (χ2n) is 5.94. The van der Waals surface area contributed by atoms with E-state index < -0.39 is 5.82 Å². The van der Waals surface area contributed by atoms with Gasteiger partial charge in [0.1, 0.15) is 12.4 Å². The number of benzene rings is 2. The molecule has 0 saturated heterocycles. The highest BCUT2D eigenvalue weighted by Gasteiger charge is 2.11. The van der Waals surface area contributed by atoms with Gasteiger partial charge in [-0.3, -0.25) is 0 Å². The Bertz CT molecular complexity index is 677. The number of rotatable bonds is 11. The molecule has 142 valence electrons. The Labute approximate surface area is 158 Å². The number of aliphatic hydroxyl groups excluding tert-OH is 1. The van der Waals surface area contributed by atoms with Crippen LogP contribution in [0.15, 0.2) is 36.4 Å². The van der Waals surface area contributed by atoms with Crippen molar-refractivity contribution in [3.05, 3.63) is 58.4 Å². The number of hydrogen-bond donors (Lipinski definition) is 2. The molecule has 0 aliphatic carbocycles. The van der Waals surface area contributed by atoms with E-state index in [2.05, 4.69) is 5.32 Å². The maximum atomic E-state index is 13.8. The summed E-state index contributed by atoms with van der Waals surface area (Å²) in [5.41, 5.74) is 1.39. The third-order valence-corrected chi connectivity index (χ3v) is 4.36. The summed E-state index contributed by atoms with van der Waals surface area (Å²) >= 11 is 6.02. The van der Waals surface area contributed by atoms with E-state index in [9.17, 15) is 4.39 Å². The van der Waals surface area contributed by atoms with Gasteiger partial charge in [-0.05, 0) is 55.6 Å². The molecule has 0 heterocycles. The van der Waals surface area contributed by atoms with E-state index in [4.69, 9.17) is 26.2 Å². The van der Waals surface area contributed by atoms with Gasteiger partial charge in [-0.15, -0.1) is 0 Å². The Morgan fingerprint density at radius 1 is 1.12 bits per heavy atom. The van der Waals surface area contributed by atoms with Crippen molar-refractivity contribution in [2.75, 3.05) is 20.3 Å². The Hall–Kier alpha value is -1.82. The summed E-state index contributed by atoms with van der Waals surface area (Å²) < 4.78 is 24.9. The summed E-state index contributed by atoms with van der Waals surface area (Å²) in [5.74, 6) is 0.744. The van der Waals surface area contributed by atoms with Crippen molar-refractivity contribution in [3.63, 3.8) is 0 Å². The molecule has 2 N–H and O–H groups in total. The highest BCUT2D eigenvalue weighted by molar-refractivity contribution is 6.31. The third kappa shape index (κ3) is 6.16. The van der Waals surface area contributed by atoms with Crippen LogP contribution in [0.2, 0.25) is 5.02 Å². The molecule has 0 aromatic heterocycles. The minimum absolute atomic E-state index is 0.0321. The van der Waals surface area contributed by atoms with Gasteiger partial charge in [0.05, 0.1) is 12.1 Å². The monoisotopic (exact) mass is 381 g/mol. The van der Waals surface area contributed by atoms with Crippen molar-refractivity contribution in [2.24, 2.45) is 0 Å². The minimum Gasteiger partial charge on any atom is -0.493 e. The van der Waals surface area contributed by atoms with Gasteiger partial charge in [0.25, 0.3) is 0 Å². The van der Waals surface area contributed by atoms with Crippen LogP contribution in [0.25, 0.3) is 0 Å². The van der Waals surface area contributed by atoms with E-state index >= 15 is 0 Å². The van der Waals surface area contributed by atoms with Crippen LogP contribution < -0.4 is 14.8 Å². The number of methoxy groups -OCH3 is 1. The summed E-state index contributed by atoms with van der Waals surface area (Å²) in [6.07, 6.45) is 2.88. The summed E-state index contributed by atoms with van der Waals surface area (Å²) in [6, 6.07) is 10.2. The quantitative estimate of drug-likeness (QED) is 0.569. The fourth-order valence-electron chi connectivity index (χ4n) is 2.53. The molecular formula is C20H25ClFNO3. The molecule has 2 aromatic carbocycles. The Kier molecular flexibility index (Phi) is 8.68. The molecule has 0 saturated carbocycles. The Balaban J connectivity index is 1.91. The van der Waals surface area contributed by atoms with Gasteiger partial charge in [-0.1, -0.05) is 23.7 Å². The van der Waals surface area contributed by atoms with Crippen molar-refractivity contribution in [3.8, 4) is 11.5 Å². The zero-order valence-electron chi connectivity index (χ0n) is 14.9. The molecule has 6 heteroatoms. The fourth-order valence-corrected chi connectivity index (χ4v) is 2.75. The molecule has 0 spiro atoms. The summed E-state index contributed by atoms with van der Waals surface area (Å²) in [5, 5.41) is 12.5.